The quantitative estimate of drug-likeness (QED) is 0.279. The normalized spacial score (nSPS) is 11.3. The average Bonchev–Trinajstić information content (AvgIpc) is 3.15. The van der Waals surface area contributed by atoms with Crippen LogP contribution >= 0.6 is 0 Å². The minimum absolute atomic E-state index is 0.389. The third kappa shape index (κ3) is 5.00. The smallest absolute Gasteiger partial charge is 0.160 e. The topological polar surface area (TPSA) is 23.4 Å². The van der Waals surface area contributed by atoms with Crippen molar-refractivity contribution in [1.29, 1.82) is 0 Å². The van der Waals surface area contributed by atoms with E-state index >= 15 is 0 Å². The molecule has 0 bridgehead atoms. The summed E-state index contributed by atoms with van der Waals surface area (Å²) in [6, 6.07) is 19.8. The van der Waals surface area contributed by atoms with E-state index in [4.69, 9.17) is 9.47 Å². The van der Waals surface area contributed by atoms with Crippen molar-refractivity contribution in [2.75, 3.05) is 13.7 Å². The fourth-order valence-corrected chi connectivity index (χ4v) is 4.48. The molecular formula is C29H33F2NO2. The van der Waals surface area contributed by atoms with E-state index in [1.807, 2.05) is 73.9 Å². The number of rotatable bonds is 7. The molecular weight excluding hydrogens is 432 g/mol. The number of aryl methyl sites for hydroxylation is 1. The second-order valence-corrected chi connectivity index (χ2v) is 8.65. The number of ether oxygens (including phenoxy) is 2. The summed E-state index contributed by atoms with van der Waals surface area (Å²) >= 11 is 0. The monoisotopic (exact) mass is 465 g/mol. The molecule has 0 unspecified atom stereocenters. The van der Waals surface area contributed by atoms with Crippen LogP contribution in [0.2, 0.25) is 0 Å². The van der Waals surface area contributed by atoms with Gasteiger partial charge in [-0.1, -0.05) is 64.1 Å². The van der Waals surface area contributed by atoms with Crippen LogP contribution in [-0.4, -0.2) is 18.3 Å². The zero-order valence-electron chi connectivity index (χ0n) is 20.8. The van der Waals surface area contributed by atoms with Crippen molar-refractivity contribution in [1.82, 2.24) is 4.57 Å². The highest BCUT2D eigenvalue weighted by Gasteiger charge is 2.31. The maximum Gasteiger partial charge on any atom is 0.160 e. The van der Waals surface area contributed by atoms with Crippen LogP contribution in [0.15, 0.2) is 66.7 Å². The Hall–Kier alpha value is -3.18. The van der Waals surface area contributed by atoms with Gasteiger partial charge in [0.15, 0.2) is 11.6 Å². The summed E-state index contributed by atoms with van der Waals surface area (Å²) < 4.78 is 41.6. The Labute approximate surface area is 200 Å². The van der Waals surface area contributed by atoms with Crippen LogP contribution in [0.25, 0.3) is 16.6 Å². The van der Waals surface area contributed by atoms with Crippen LogP contribution in [0.3, 0.4) is 0 Å². The Balaban J connectivity index is 0.00000158. The minimum Gasteiger partial charge on any atom is -0.488 e. The molecule has 0 aliphatic rings. The molecule has 0 N–H and O–H groups in total. The molecule has 34 heavy (non-hydrogen) atoms. The standard InChI is InChI=1S/C27H27F2NO2.C2H6/c1-18-25-23(11-8-12-24(25)32-16-19-9-6-5-7-10-19)30(26(18)27(2,3)17-31-4)20-13-14-21(28)22(29)15-20;1-2/h5-15H,16-17H2,1-4H3;1-2H3. The Kier molecular flexibility index (Phi) is 8.11. The van der Waals surface area contributed by atoms with Gasteiger partial charge in [-0.15, -0.1) is 0 Å². The number of nitrogens with zero attached hydrogens (tertiary/aromatic N) is 1. The van der Waals surface area contributed by atoms with Crippen LogP contribution in [0.5, 0.6) is 5.75 Å². The van der Waals surface area contributed by atoms with Gasteiger partial charge >= 0.3 is 0 Å². The molecule has 3 aromatic carbocycles. The van der Waals surface area contributed by atoms with E-state index in [0.717, 1.165) is 39.5 Å². The van der Waals surface area contributed by atoms with Crippen molar-refractivity contribution in [3.8, 4) is 11.4 Å². The van der Waals surface area contributed by atoms with E-state index in [2.05, 4.69) is 13.8 Å². The van der Waals surface area contributed by atoms with E-state index < -0.39 is 11.6 Å². The Morgan fingerprint density at radius 3 is 2.24 bits per heavy atom. The van der Waals surface area contributed by atoms with Crippen LogP contribution < -0.4 is 4.74 Å². The first-order chi connectivity index (χ1) is 16.3. The molecule has 4 aromatic rings. The van der Waals surface area contributed by atoms with Gasteiger partial charge < -0.3 is 14.0 Å². The molecule has 1 aromatic heterocycles. The molecule has 0 atom stereocenters. The lowest BCUT2D eigenvalue weighted by atomic mass is 9.87. The van der Waals surface area contributed by atoms with Gasteiger partial charge in [0.25, 0.3) is 0 Å². The molecule has 0 saturated carbocycles. The average molecular weight is 466 g/mol. The fraction of sp³-hybridized carbons (Fsp3) is 0.310. The first-order valence-corrected chi connectivity index (χ1v) is 11.6. The summed E-state index contributed by atoms with van der Waals surface area (Å²) in [5.41, 5.74) is 4.10. The van der Waals surface area contributed by atoms with E-state index in [1.54, 1.807) is 13.2 Å². The molecule has 1 heterocycles. The molecule has 0 aliphatic carbocycles. The first-order valence-electron chi connectivity index (χ1n) is 11.6. The van der Waals surface area contributed by atoms with Gasteiger partial charge in [0.2, 0.25) is 0 Å². The highest BCUT2D eigenvalue weighted by molar-refractivity contribution is 5.93. The van der Waals surface area contributed by atoms with E-state index in [0.29, 0.717) is 18.9 Å². The maximum absolute atomic E-state index is 14.2. The summed E-state index contributed by atoms with van der Waals surface area (Å²) in [6.07, 6.45) is 0. The summed E-state index contributed by atoms with van der Waals surface area (Å²) in [7, 11) is 1.66. The lowest BCUT2D eigenvalue weighted by Gasteiger charge is -2.27. The maximum atomic E-state index is 14.2. The van der Waals surface area contributed by atoms with Crippen molar-refractivity contribution in [2.24, 2.45) is 0 Å². The summed E-state index contributed by atoms with van der Waals surface area (Å²) in [4.78, 5) is 0. The molecule has 0 saturated heterocycles. The van der Waals surface area contributed by atoms with Crippen LogP contribution in [0.4, 0.5) is 8.78 Å². The van der Waals surface area contributed by atoms with Gasteiger partial charge in [0, 0.05) is 35.4 Å². The number of hydrogen-bond acceptors (Lipinski definition) is 2. The number of halogens is 2. The number of aromatic nitrogens is 1. The molecule has 180 valence electrons. The van der Waals surface area contributed by atoms with Crippen LogP contribution in [0, 0.1) is 18.6 Å². The molecule has 3 nitrogen and oxygen atoms in total. The Bertz CT molecular complexity index is 1250. The van der Waals surface area contributed by atoms with Crippen molar-refractivity contribution in [3.05, 3.63) is 95.2 Å². The number of methoxy groups -OCH3 is 1. The van der Waals surface area contributed by atoms with E-state index in [-0.39, 0.29) is 5.41 Å². The second-order valence-electron chi connectivity index (χ2n) is 8.65. The molecule has 0 aliphatic heterocycles. The number of benzene rings is 3. The van der Waals surface area contributed by atoms with Crippen molar-refractivity contribution in [2.45, 2.75) is 46.6 Å². The van der Waals surface area contributed by atoms with Gasteiger partial charge in [0.05, 0.1) is 12.1 Å². The Morgan fingerprint density at radius 1 is 0.882 bits per heavy atom. The second kappa shape index (κ2) is 10.8. The lowest BCUT2D eigenvalue weighted by Crippen LogP contribution is -2.27. The predicted octanol–water partition coefficient (Wildman–Crippen LogP) is 7.75. The highest BCUT2D eigenvalue weighted by atomic mass is 19.2. The third-order valence-electron chi connectivity index (χ3n) is 5.74. The molecule has 5 heteroatoms. The zero-order chi connectivity index (χ0) is 24.9. The summed E-state index contributed by atoms with van der Waals surface area (Å²) in [5.74, 6) is -1.000. The molecule has 0 spiro atoms. The van der Waals surface area contributed by atoms with E-state index in [9.17, 15) is 8.78 Å². The third-order valence-corrected chi connectivity index (χ3v) is 5.74. The molecule has 0 radical (unpaired) electrons. The minimum atomic E-state index is -0.881. The Morgan fingerprint density at radius 2 is 1.59 bits per heavy atom. The zero-order valence-corrected chi connectivity index (χ0v) is 20.8. The largest absolute Gasteiger partial charge is 0.488 e. The number of hydrogen-bond donors (Lipinski definition) is 0. The predicted molar refractivity (Wildman–Crippen MR) is 135 cm³/mol. The molecule has 4 rings (SSSR count). The van der Waals surface area contributed by atoms with Gasteiger partial charge in [-0.25, -0.2) is 8.78 Å². The van der Waals surface area contributed by atoms with Crippen molar-refractivity contribution < 1.29 is 18.3 Å². The van der Waals surface area contributed by atoms with Crippen molar-refractivity contribution in [3.63, 3.8) is 0 Å². The van der Waals surface area contributed by atoms with Crippen LogP contribution in [-0.2, 0) is 16.8 Å². The van der Waals surface area contributed by atoms with Crippen LogP contribution in [0.1, 0.15) is 44.5 Å². The van der Waals surface area contributed by atoms with Crippen molar-refractivity contribution >= 4 is 10.9 Å². The molecule has 0 amide bonds. The summed E-state index contributed by atoms with van der Waals surface area (Å²) in [5, 5.41) is 0.951. The summed E-state index contributed by atoms with van der Waals surface area (Å²) in [6.45, 7) is 11.1. The SMILES string of the molecule is CC.COCC(C)(C)c1c(C)c2c(OCc3ccccc3)cccc2n1-c1ccc(F)c(F)c1. The van der Waals surface area contributed by atoms with Gasteiger partial charge in [-0.3, -0.25) is 0 Å². The number of fused-ring (bicyclic) bond motifs is 1. The fourth-order valence-electron chi connectivity index (χ4n) is 4.48. The lowest BCUT2D eigenvalue weighted by molar-refractivity contribution is 0.143. The molecule has 0 fully saturated rings. The highest BCUT2D eigenvalue weighted by Crippen LogP contribution is 2.41. The van der Waals surface area contributed by atoms with E-state index in [1.165, 1.54) is 6.07 Å². The van der Waals surface area contributed by atoms with Gasteiger partial charge in [0.1, 0.15) is 12.4 Å². The van der Waals surface area contributed by atoms with Gasteiger partial charge in [-0.05, 0) is 42.3 Å². The first kappa shape index (κ1) is 25.4. The van der Waals surface area contributed by atoms with Gasteiger partial charge in [-0.2, -0.15) is 0 Å².